The highest BCUT2D eigenvalue weighted by Crippen LogP contribution is 2.32. The quantitative estimate of drug-likeness (QED) is 0.565. The molecular weight excluding hydrogens is 349 g/mol. The number of halogens is 2. The van der Waals surface area contributed by atoms with Crippen LogP contribution in [0.5, 0.6) is 5.75 Å². The normalized spacial score (nSPS) is 13.3. The Hall–Kier alpha value is -2.04. The van der Waals surface area contributed by atoms with Crippen LogP contribution in [-0.2, 0) is 4.79 Å². The van der Waals surface area contributed by atoms with E-state index in [4.69, 9.17) is 27.9 Å². The molecule has 0 radical (unpaired) electrons. The molecule has 0 N–H and O–H groups in total. The number of nitrogens with zero attached hydrogens (tertiary/aromatic N) is 1. The van der Waals surface area contributed by atoms with Crippen LogP contribution in [0.3, 0.4) is 0 Å². The Bertz CT molecular complexity index is 792. The minimum absolute atomic E-state index is 0.397. The number of fused-ring (bicyclic) bond motifs is 1. The first-order valence-corrected chi connectivity index (χ1v) is 8.37. The van der Waals surface area contributed by atoms with E-state index in [0.29, 0.717) is 46.6 Å². The number of ketones is 1. The van der Waals surface area contributed by atoms with Crippen LogP contribution in [0.15, 0.2) is 42.5 Å². The number of benzene rings is 2. The average molecular weight is 364 g/mol. The minimum atomic E-state index is -0.463. The van der Waals surface area contributed by atoms with E-state index in [-0.39, 0.29) is 0 Å². The lowest BCUT2D eigenvalue weighted by Crippen LogP contribution is -2.30. The van der Waals surface area contributed by atoms with E-state index in [9.17, 15) is 9.59 Å². The molecule has 0 aromatic heterocycles. The molecule has 1 heterocycles. The van der Waals surface area contributed by atoms with Crippen LogP contribution < -0.4 is 9.64 Å². The molecule has 0 atom stereocenters. The number of carbonyl (C=O) groups is 2. The lowest BCUT2D eigenvalue weighted by molar-refractivity contribution is -0.114. The number of hydrogen-bond acceptors (Lipinski definition) is 3. The summed E-state index contributed by atoms with van der Waals surface area (Å²) in [6.45, 7) is 0.936. The highest BCUT2D eigenvalue weighted by atomic mass is 35.5. The number of para-hydroxylation sites is 1. The molecule has 1 aliphatic rings. The van der Waals surface area contributed by atoms with Crippen molar-refractivity contribution in [1.82, 2.24) is 0 Å². The first kappa shape index (κ1) is 16.8. The van der Waals surface area contributed by atoms with Crippen molar-refractivity contribution in [2.24, 2.45) is 0 Å². The van der Waals surface area contributed by atoms with E-state index in [1.165, 1.54) is 4.90 Å². The van der Waals surface area contributed by atoms with Crippen molar-refractivity contribution in [2.45, 2.75) is 12.8 Å². The molecule has 0 bridgehead atoms. The van der Waals surface area contributed by atoms with Gasteiger partial charge < -0.3 is 9.64 Å². The molecule has 4 nitrogen and oxygen atoms in total. The molecule has 0 aliphatic carbocycles. The Morgan fingerprint density at radius 3 is 2.58 bits per heavy atom. The van der Waals surface area contributed by atoms with Gasteiger partial charge in [0.2, 0.25) is 0 Å². The van der Waals surface area contributed by atoms with Gasteiger partial charge in [0.05, 0.1) is 22.9 Å². The fourth-order valence-electron chi connectivity index (χ4n) is 2.62. The average Bonchev–Trinajstić information content (AvgIpc) is 2.83. The maximum atomic E-state index is 12.0. The van der Waals surface area contributed by atoms with Crippen molar-refractivity contribution in [2.75, 3.05) is 18.1 Å². The van der Waals surface area contributed by atoms with Gasteiger partial charge in [0.25, 0.3) is 11.7 Å². The van der Waals surface area contributed by atoms with E-state index >= 15 is 0 Å². The zero-order chi connectivity index (χ0) is 17.1. The summed E-state index contributed by atoms with van der Waals surface area (Å²) in [6.07, 6.45) is 1.44. The maximum Gasteiger partial charge on any atom is 0.299 e. The van der Waals surface area contributed by atoms with E-state index in [1.54, 1.807) is 36.4 Å². The second kappa shape index (κ2) is 7.24. The predicted molar refractivity (Wildman–Crippen MR) is 94.3 cm³/mol. The second-order valence-corrected chi connectivity index (χ2v) is 6.20. The van der Waals surface area contributed by atoms with Gasteiger partial charge in [0.1, 0.15) is 10.8 Å². The summed E-state index contributed by atoms with van der Waals surface area (Å²) in [7, 11) is 0. The van der Waals surface area contributed by atoms with Crippen LogP contribution in [0, 0.1) is 0 Å². The second-order valence-electron chi connectivity index (χ2n) is 5.41. The smallest absolute Gasteiger partial charge is 0.299 e. The molecule has 6 heteroatoms. The Kier molecular flexibility index (Phi) is 5.07. The Morgan fingerprint density at radius 2 is 1.75 bits per heavy atom. The predicted octanol–water partition coefficient (Wildman–Crippen LogP) is 4.38. The Labute approximate surface area is 149 Å². The van der Waals surface area contributed by atoms with Gasteiger partial charge in [-0.2, -0.15) is 0 Å². The van der Waals surface area contributed by atoms with Crippen LogP contribution in [0.1, 0.15) is 23.2 Å². The third-order valence-electron chi connectivity index (χ3n) is 3.83. The lowest BCUT2D eigenvalue weighted by atomic mass is 10.1. The van der Waals surface area contributed by atoms with Crippen LogP contribution in [0.4, 0.5) is 5.69 Å². The molecule has 1 amide bonds. The standard InChI is InChI=1S/C18H15Cl2NO3/c19-13-7-5-9-15(16(13)20)24-11-4-3-10-21-14-8-2-1-6-12(14)17(22)18(21)23/h1-2,5-9H,3-4,10-11H2. The Morgan fingerprint density at radius 1 is 0.958 bits per heavy atom. The topological polar surface area (TPSA) is 46.6 Å². The van der Waals surface area contributed by atoms with Gasteiger partial charge in [-0.1, -0.05) is 41.4 Å². The molecule has 0 fully saturated rings. The molecular formula is C18H15Cl2NO3. The van der Waals surface area contributed by atoms with Gasteiger partial charge in [0, 0.05) is 6.54 Å². The van der Waals surface area contributed by atoms with Gasteiger partial charge >= 0.3 is 0 Å². The van der Waals surface area contributed by atoms with Gasteiger partial charge in [-0.05, 0) is 37.1 Å². The number of hydrogen-bond donors (Lipinski definition) is 0. The number of amides is 1. The van der Waals surface area contributed by atoms with Gasteiger partial charge in [0.15, 0.2) is 0 Å². The third-order valence-corrected chi connectivity index (χ3v) is 4.63. The van der Waals surface area contributed by atoms with Crippen LogP contribution in [0.25, 0.3) is 0 Å². The molecule has 2 aromatic carbocycles. The molecule has 2 aromatic rings. The zero-order valence-corrected chi connectivity index (χ0v) is 14.3. The van der Waals surface area contributed by atoms with E-state index in [1.807, 2.05) is 6.07 Å². The van der Waals surface area contributed by atoms with E-state index in [2.05, 4.69) is 0 Å². The fourth-order valence-corrected chi connectivity index (χ4v) is 2.97. The van der Waals surface area contributed by atoms with Crippen molar-refractivity contribution in [3.05, 3.63) is 58.1 Å². The van der Waals surface area contributed by atoms with Crippen LogP contribution >= 0.6 is 23.2 Å². The number of unbranched alkanes of at least 4 members (excludes halogenated alkanes) is 1. The lowest BCUT2D eigenvalue weighted by Gasteiger charge is -2.16. The van der Waals surface area contributed by atoms with Gasteiger partial charge in [-0.25, -0.2) is 0 Å². The SMILES string of the molecule is O=C1C(=O)N(CCCCOc2cccc(Cl)c2Cl)c2ccccc21. The summed E-state index contributed by atoms with van der Waals surface area (Å²) in [4.78, 5) is 25.5. The number of anilines is 1. The molecule has 24 heavy (non-hydrogen) atoms. The summed E-state index contributed by atoms with van der Waals surface area (Å²) in [5.74, 6) is -0.357. The Balaban J connectivity index is 1.52. The fraction of sp³-hybridized carbons (Fsp3) is 0.222. The van der Waals surface area contributed by atoms with E-state index < -0.39 is 11.7 Å². The summed E-state index contributed by atoms with van der Waals surface area (Å²) in [6, 6.07) is 12.3. The molecule has 0 saturated heterocycles. The molecule has 0 spiro atoms. The van der Waals surface area contributed by atoms with Crippen molar-refractivity contribution in [3.63, 3.8) is 0 Å². The largest absolute Gasteiger partial charge is 0.492 e. The summed E-state index contributed by atoms with van der Waals surface area (Å²) < 4.78 is 5.61. The van der Waals surface area contributed by atoms with Crippen molar-refractivity contribution >= 4 is 40.6 Å². The number of rotatable bonds is 6. The number of carbonyl (C=O) groups excluding carboxylic acids is 2. The van der Waals surface area contributed by atoms with Crippen molar-refractivity contribution < 1.29 is 14.3 Å². The number of ether oxygens (including phenoxy) is 1. The van der Waals surface area contributed by atoms with Crippen molar-refractivity contribution in [1.29, 1.82) is 0 Å². The third kappa shape index (κ3) is 3.25. The highest BCUT2D eigenvalue weighted by Gasteiger charge is 2.34. The van der Waals surface area contributed by atoms with Gasteiger partial charge in [-0.3, -0.25) is 9.59 Å². The van der Waals surface area contributed by atoms with E-state index in [0.717, 1.165) is 6.42 Å². The monoisotopic (exact) mass is 363 g/mol. The van der Waals surface area contributed by atoms with Crippen molar-refractivity contribution in [3.8, 4) is 5.75 Å². The molecule has 124 valence electrons. The first-order valence-electron chi connectivity index (χ1n) is 7.61. The summed E-state index contributed by atoms with van der Waals surface area (Å²) in [5.41, 5.74) is 1.16. The molecule has 1 aliphatic heterocycles. The molecule has 3 rings (SSSR count). The van der Waals surface area contributed by atoms with Gasteiger partial charge in [-0.15, -0.1) is 0 Å². The molecule has 0 unspecified atom stereocenters. The van der Waals surface area contributed by atoms with Crippen LogP contribution in [-0.4, -0.2) is 24.8 Å². The highest BCUT2D eigenvalue weighted by molar-refractivity contribution is 6.52. The first-order chi connectivity index (χ1) is 11.6. The maximum absolute atomic E-state index is 12.0. The zero-order valence-electron chi connectivity index (χ0n) is 12.8. The summed E-state index contributed by atoms with van der Waals surface area (Å²) >= 11 is 12.0. The minimum Gasteiger partial charge on any atom is -0.492 e. The number of Topliss-reactive ketones (excluding diaryl/α,β-unsaturated/α-hetero) is 1. The van der Waals surface area contributed by atoms with Crippen LogP contribution in [0.2, 0.25) is 10.0 Å². The summed E-state index contributed by atoms with van der Waals surface area (Å²) in [5, 5.41) is 0.848. The molecule has 0 saturated carbocycles.